The minimum absolute atomic E-state index is 0. The van der Waals surface area contributed by atoms with Crippen LogP contribution < -0.4 is 20.4 Å². The molecule has 17 heavy (non-hydrogen) atoms. The van der Waals surface area contributed by atoms with Crippen molar-refractivity contribution >= 4 is 17.6 Å². The van der Waals surface area contributed by atoms with Crippen LogP contribution >= 0.6 is 0 Å². The maximum absolute atomic E-state index is 9.30. The molecule has 0 unspecified atom stereocenters. The molecule has 0 aromatic carbocycles. The largest absolute Gasteiger partial charge is 4.00 e. The van der Waals surface area contributed by atoms with E-state index < -0.39 is 0 Å². The van der Waals surface area contributed by atoms with E-state index in [1.165, 1.54) is 0 Å². The fourth-order valence-electron chi connectivity index (χ4n) is 0. The number of hydrogen-bond donors (Lipinski definition) is 0. The quantitative estimate of drug-likeness (QED) is 0.600. The predicted molar refractivity (Wildman–Crippen MR) is 66.4 cm³/mol. The van der Waals surface area contributed by atoms with E-state index in [2.05, 4.69) is 0 Å². The second kappa shape index (κ2) is 55.2. The average molecular weight is 309 g/mol. The van der Waals surface area contributed by atoms with Crippen LogP contribution in [0.15, 0.2) is 0 Å². The fourth-order valence-corrected chi connectivity index (χ4v) is 0. The third kappa shape index (κ3) is 176. The van der Waals surface area contributed by atoms with Gasteiger partial charge in [-0.25, -0.2) is 0 Å². The van der Waals surface area contributed by atoms with Crippen LogP contribution in [0, 0.1) is 0 Å². The molecule has 0 aliphatic rings. The smallest absolute Gasteiger partial charge is 0.854 e. The van der Waals surface area contributed by atoms with Crippen LogP contribution in [0.4, 0.5) is 0 Å². The van der Waals surface area contributed by atoms with Gasteiger partial charge in [-0.2, -0.15) is 0 Å². The van der Waals surface area contributed by atoms with Gasteiger partial charge in [0.25, 0.3) is 0 Å². The first-order valence-corrected chi connectivity index (χ1v) is 5.98. The molecule has 0 bridgehead atoms. The Morgan fingerprint density at radius 3 is 0.529 bits per heavy atom. The molecule has 0 spiro atoms. The van der Waals surface area contributed by atoms with Crippen molar-refractivity contribution in [1.29, 1.82) is 0 Å². The minimum atomic E-state index is 0. The van der Waals surface area contributed by atoms with E-state index in [0.29, 0.717) is 0 Å². The third-order valence-electron chi connectivity index (χ3n) is 0.816. The van der Waals surface area contributed by atoms with Gasteiger partial charge in [0.1, 0.15) is 0 Å². The van der Waals surface area contributed by atoms with Crippen molar-refractivity contribution < 1.29 is 20.4 Å². The fraction of sp³-hybridized carbons (Fsp3) is 1.00. The summed E-state index contributed by atoms with van der Waals surface area (Å²) in [6.45, 7) is 7.75. The minimum Gasteiger partial charge on any atom is -0.854 e. The second-order valence-electron chi connectivity index (χ2n) is 2.82. The Labute approximate surface area is 118 Å². The number of hydrogen-bond acceptors (Lipinski definition) is 4. The summed E-state index contributed by atoms with van der Waals surface area (Å²) in [4.78, 5) is 0. The Morgan fingerprint density at radius 2 is 0.529 bits per heavy atom. The molecule has 0 aromatic rings. The van der Waals surface area contributed by atoms with Crippen molar-refractivity contribution in [3.8, 4) is 0 Å². The van der Waals surface area contributed by atoms with Gasteiger partial charge < -0.3 is 20.4 Å². The zero-order chi connectivity index (χ0) is 13.7. The molecule has 0 rings (SSSR count). The summed E-state index contributed by atoms with van der Waals surface area (Å²) in [7, 11) is 0. The molecule has 0 radical (unpaired) electrons. The van der Waals surface area contributed by atoms with Crippen LogP contribution in [-0.2, 0) is 0 Å². The van der Waals surface area contributed by atoms with Gasteiger partial charge in [-0.05, 0) is 0 Å². The first-order valence-electron chi connectivity index (χ1n) is 5.98. The summed E-state index contributed by atoms with van der Waals surface area (Å²) >= 11 is 0. The summed E-state index contributed by atoms with van der Waals surface area (Å²) in [5, 5.41) is 37.2. The molecular formula is C12H28GeO4. The van der Waals surface area contributed by atoms with Crippen LogP contribution in [0.3, 0.4) is 0 Å². The average Bonchev–Trinajstić information content (AvgIpc) is 2.39. The molecule has 0 aliphatic heterocycles. The molecule has 0 saturated heterocycles. The Bertz CT molecular complexity index is 42.5. The van der Waals surface area contributed by atoms with Crippen molar-refractivity contribution in [2.45, 2.75) is 53.4 Å². The summed E-state index contributed by atoms with van der Waals surface area (Å²) in [6.07, 6.45) is 3.06. The van der Waals surface area contributed by atoms with Crippen LogP contribution in [0.1, 0.15) is 53.4 Å². The predicted octanol–water partition coefficient (Wildman–Crippen LogP) is -1.35. The van der Waals surface area contributed by atoms with E-state index in [1.54, 1.807) is 0 Å². The van der Waals surface area contributed by atoms with Crippen molar-refractivity contribution in [2.24, 2.45) is 0 Å². The maximum Gasteiger partial charge on any atom is 4.00 e. The normalized spacial score (nSPS) is 7.06. The molecule has 104 valence electrons. The van der Waals surface area contributed by atoms with E-state index in [1.807, 2.05) is 27.7 Å². The molecule has 0 N–H and O–H groups in total. The van der Waals surface area contributed by atoms with Crippen LogP contribution in [-0.4, -0.2) is 44.0 Å². The zero-order valence-electron chi connectivity index (χ0n) is 11.8. The van der Waals surface area contributed by atoms with E-state index in [4.69, 9.17) is 0 Å². The van der Waals surface area contributed by atoms with Gasteiger partial charge in [0.15, 0.2) is 0 Å². The Hall–Kier alpha value is 0.383. The summed E-state index contributed by atoms with van der Waals surface area (Å²) < 4.78 is 0. The molecule has 0 aliphatic carbocycles. The van der Waals surface area contributed by atoms with E-state index in [-0.39, 0.29) is 44.0 Å². The Kier molecular flexibility index (Phi) is 98.7. The molecule has 5 heteroatoms. The number of rotatable bonds is 4. The van der Waals surface area contributed by atoms with Crippen molar-refractivity contribution in [1.82, 2.24) is 0 Å². The van der Waals surface area contributed by atoms with Crippen molar-refractivity contribution in [3.05, 3.63) is 0 Å². The first kappa shape index (κ1) is 30.4. The van der Waals surface area contributed by atoms with Gasteiger partial charge in [-0.1, -0.05) is 53.4 Å². The molecule has 0 atom stereocenters. The molecule has 4 nitrogen and oxygen atoms in total. The first-order chi connectivity index (χ1) is 7.66. The molecular weight excluding hydrogens is 281 g/mol. The van der Waals surface area contributed by atoms with Crippen LogP contribution in [0.5, 0.6) is 0 Å². The van der Waals surface area contributed by atoms with Crippen LogP contribution in [0.2, 0.25) is 0 Å². The summed E-state index contributed by atoms with van der Waals surface area (Å²) in [5.74, 6) is 0. The van der Waals surface area contributed by atoms with Crippen LogP contribution in [0.25, 0.3) is 0 Å². The maximum atomic E-state index is 9.30. The SMILES string of the molecule is CCC[O-].CCC[O-].CCC[O-].CCC[O-].[Ge+4]. The monoisotopic (exact) mass is 310 g/mol. The van der Waals surface area contributed by atoms with Gasteiger partial charge in [0.05, 0.1) is 0 Å². The Balaban J connectivity index is -0.0000000369. The van der Waals surface area contributed by atoms with Gasteiger partial charge in [-0.15, -0.1) is 26.4 Å². The summed E-state index contributed by atoms with van der Waals surface area (Å²) in [5.41, 5.74) is 0. The topological polar surface area (TPSA) is 92.2 Å². The third-order valence-corrected chi connectivity index (χ3v) is 0.816. The van der Waals surface area contributed by atoms with E-state index >= 15 is 0 Å². The molecule has 0 fully saturated rings. The van der Waals surface area contributed by atoms with Gasteiger partial charge in [-0.3, -0.25) is 0 Å². The van der Waals surface area contributed by atoms with Crippen molar-refractivity contribution in [3.63, 3.8) is 0 Å². The Morgan fingerprint density at radius 1 is 0.471 bits per heavy atom. The molecule has 0 amide bonds. The van der Waals surface area contributed by atoms with E-state index in [0.717, 1.165) is 25.7 Å². The standard InChI is InChI=1S/4C3H7O.Ge/c4*1-2-3-4;/h4*2-3H2,1H3;/q4*-1;+4. The summed E-state index contributed by atoms with van der Waals surface area (Å²) in [6, 6.07) is 0. The second-order valence-corrected chi connectivity index (χ2v) is 2.82. The van der Waals surface area contributed by atoms with Crippen molar-refractivity contribution in [2.75, 3.05) is 26.4 Å². The van der Waals surface area contributed by atoms with Gasteiger partial charge in [0.2, 0.25) is 0 Å². The van der Waals surface area contributed by atoms with E-state index in [9.17, 15) is 20.4 Å². The van der Waals surface area contributed by atoms with Gasteiger partial charge >= 0.3 is 17.6 Å². The molecule has 0 heterocycles. The molecule has 0 aromatic heterocycles. The van der Waals surface area contributed by atoms with Gasteiger partial charge in [0, 0.05) is 0 Å². The zero-order valence-corrected chi connectivity index (χ0v) is 13.9. The molecule has 0 saturated carbocycles.